The summed E-state index contributed by atoms with van der Waals surface area (Å²) >= 11 is 0. The van der Waals surface area contributed by atoms with Gasteiger partial charge in [0.2, 0.25) is 0 Å². The maximum absolute atomic E-state index is 8.96. The minimum Gasteiger partial charge on any atom is -0.491 e. The molecule has 22 heavy (non-hydrogen) atoms. The molecule has 1 heterocycles. The van der Waals surface area contributed by atoms with E-state index in [1.54, 1.807) is 0 Å². The third-order valence-electron chi connectivity index (χ3n) is 5.01. The van der Waals surface area contributed by atoms with E-state index in [1.807, 2.05) is 12.1 Å². The first-order valence-corrected chi connectivity index (χ1v) is 8.39. The molecule has 3 rings (SSSR count). The van der Waals surface area contributed by atoms with E-state index in [4.69, 9.17) is 9.84 Å². The van der Waals surface area contributed by atoms with Gasteiger partial charge in [-0.25, -0.2) is 0 Å². The molecule has 0 unspecified atom stereocenters. The normalized spacial score (nSPS) is 25.8. The predicted molar refractivity (Wildman–Crippen MR) is 88.0 cm³/mol. The van der Waals surface area contributed by atoms with Crippen molar-refractivity contribution in [2.24, 2.45) is 11.8 Å². The highest BCUT2D eigenvalue weighted by Gasteiger charge is 2.43. The standard InChI is InChI=1S/C18H28N2O2/c1-19(2)17-13-20(12-16(17)14-7-8-14)11-15-5-3-4-6-18(15)22-10-9-21/h3-6,14,16-17,21H,7-13H2,1-2H3/t16-,17+/m1/s1. The van der Waals surface area contributed by atoms with E-state index < -0.39 is 0 Å². The highest BCUT2D eigenvalue weighted by Crippen LogP contribution is 2.43. The number of ether oxygens (including phenoxy) is 1. The summed E-state index contributed by atoms with van der Waals surface area (Å²) in [7, 11) is 4.42. The number of hydrogen-bond acceptors (Lipinski definition) is 4. The van der Waals surface area contributed by atoms with Gasteiger partial charge in [-0.2, -0.15) is 0 Å². The first-order valence-electron chi connectivity index (χ1n) is 8.39. The van der Waals surface area contributed by atoms with Crippen LogP contribution in [-0.4, -0.2) is 61.3 Å². The van der Waals surface area contributed by atoms with E-state index >= 15 is 0 Å². The molecule has 1 aromatic rings. The molecule has 1 saturated carbocycles. The molecule has 0 aromatic heterocycles. The molecular formula is C18H28N2O2. The van der Waals surface area contributed by atoms with Crippen LogP contribution in [0.15, 0.2) is 24.3 Å². The number of para-hydroxylation sites is 1. The van der Waals surface area contributed by atoms with Crippen LogP contribution < -0.4 is 4.74 Å². The molecule has 1 saturated heterocycles. The van der Waals surface area contributed by atoms with Gasteiger partial charge in [0.05, 0.1) is 6.61 Å². The van der Waals surface area contributed by atoms with Crippen molar-refractivity contribution in [3.05, 3.63) is 29.8 Å². The van der Waals surface area contributed by atoms with Gasteiger partial charge >= 0.3 is 0 Å². The van der Waals surface area contributed by atoms with Gasteiger partial charge in [0.1, 0.15) is 12.4 Å². The number of likely N-dealkylation sites (tertiary alicyclic amines) is 1. The Labute approximate surface area is 133 Å². The molecule has 2 fully saturated rings. The summed E-state index contributed by atoms with van der Waals surface area (Å²) in [5.41, 5.74) is 1.23. The molecule has 1 aliphatic carbocycles. The Bertz CT molecular complexity index is 478. The average Bonchev–Trinajstić information content (AvgIpc) is 3.27. The van der Waals surface area contributed by atoms with Crippen molar-refractivity contribution >= 4 is 0 Å². The molecule has 4 nitrogen and oxygen atoms in total. The van der Waals surface area contributed by atoms with Crippen molar-refractivity contribution in [2.45, 2.75) is 25.4 Å². The summed E-state index contributed by atoms with van der Waals surface area (Å²) in [5, 5.41) is 8.96. The van der Waals surface area contributed by atoms with Gasteiger partial charge in [0.25, 0.3) is 0 Å². The van der Waals surface area contributed by atoms with Gasteiger partial charge in [-0.05, 0) is 44.8 Å². The second kappa shape index (κ2) is 6.99. The number of hydrogen-bond donors (Lipinski definition) is 1. The van der Waals surface area contributed by atoms with E-state index in [9.17, 15) is 0 Å². The summed E-state index contributed by atoms with van der Waals surface area (Å²) in [6.07, 6.45) is 2.83. The van der Waals surface area contributed by atoms with Gasteiger partial charge in [-0.15, -0.1) is 0 Å². The van der Waals surface area contributed by atoms with Gasteiger partial charge in [-0.1, -0.05) is 18.2 Å². The molecule has 0 bridgehead atoms. The lowest BCUT2D eigenvalue weighted by Gasteiger charge is -2.25. The Kier molecular flexibility index (Phi) is 5.01. The zero-order valence-corrected chi connectivity index (χ0v) is 13.7. The van der Waals surface area contributed by atoms with Crippen LogP contribution in [-0.2, 0) is 6.54 Å². The van der Waals surface area contributed by atoms with E-state index in [1.165, 1.54) is 24.9 Å². The van der Waals surface area contributed by atoms with Crippen molar-refractivity contribution in [1.29, 1.82) is 0 Å². The first kappa shape index (κ1) is 15.8. The predicted octanol–water partition coefficient (Wildman–Crippen LogP) is 1.83. The zero-order chi connectivity index (χ0) is 15.5. The number of likely N-dealkylation sites (N-methyl/N-ethyl adjacent to an activating group) is 1. The van der Waals surface area contributed by atoms with Gasteiger partial charge in [0, 0.05) is 31.2 Å². The molecule has 1 N–H and O–H groups in total. The molecule has 2 aliphatic rings. The van der Waals surface area contributed by atoms with Crippen LogP contribution >= 0.6 is 0 Å². The van der Waals surface area contributed by atoms with Crippen molar-refractivity contribution in [3.8, 4) is 5.75 Å². The van der Waals surface area contributed by atoms with Crippen LogP contribution in [0, 0.1) is 11.8 Å². The molecule has 4 heteroatoms. The second-order valence-electron chi connectivity index (χ2n) is 6.91. The number of aliphatic hydroxyl groups is 1. The topological polar surface area (TPSA) is 35.9 Å². The SMILES string of the molecule is CN(C)[C@H]1CN(Cc2ccccc2OCCO)C[C@@H]1C1CC1. The van der Waals surface area contributed by atoms with Crippen molar-refractivity contribution in [3.63, 3.8) is 0 Å². The van der Waals surface area contributed by atoms with E-state index in [0.717, 1.165) is 30.7 Å². The number of benzene rings is 1. The smallest absolute Gasteiger partial charge is 0.123 e. The maximum atomic E-state index is 8.96. The minimum absolute atomic E-state index is 0.0600. The van der Waals surface area contributed by atoms with Crippen molar-refractivity contribution in [1.82, 2.24) is 9.80 Å². The zero-order valence-electron chi connectivity index (χ0n) is 13.7. The molecule has 122 valence electrons. The Hall–Kier alpha value is -1.10. The van der Waals surface area contributed by atoms with Crippen LogP contribution in [0.2, 0.25) is 0 Å². The fourth-order valence-electron chi connectivity index (χ4n) is 3.73. The van der Waals surface area contributed by atoms with Crippen molar-refractivity contribution in [2.75, 3.05) is 40.4 Å². The summed E-state index contributed by atoms with van der Waals surface area (Å²) in [6.45, 7) is 3.70. The Morgan fingerprint density at radius 3 is 2.68 bits per heavy atom. The quantitative estimate of drug-likeness (QED) is 0.834. The Morgan fingerprint density at radius 2 is 2.00 bits per heavy atom. The lowest BCUT2D eigenvalue weighted by molar-refractivity contribution is 0.198. The monoisotopic (exact) mass is 304 g/mol. The summed E-state index contributed by atoms with van der Waals surface area (Å²) in [4.78, 5) is 4.96. The van der Waals surface area contributed by atoms with Crippen LogP contribution in [0.5, 0.6) is 5.75 Å². The second-order valence-corrected chi connectivity index (χ2v) is 6.91. The fourth-order valence-corrected chi connectivity index (χ4v) is 3.73. The molecule has 1 aliphatic heterocycles. The van der Waals surface area contributed by atoms with Crippen LogP contribution in [0.1, 0.15) is 18.4 Å². The van der Waals surface area contributed by atoms with Gasteiger partial charge < -0.3 is 14.7 Å². The van der Waals surface area contributed by atoms with E-state index in [2.05, 4.69) is 36.0 Å². The summed E-state index contributed by atoms with van der Waals surface area (Å²) < 4.78 is 5.67. The number of rotatable bonds is 7. The third kappa shape index (κ3) is 3.62. The molecule has 0 amide bonds. The average molecular weight is 304 g/mol. The van der Waals surface area contributed by atoms with Crippen LogP contribution in [0.4, 0.5) is 0 Å². The van der Waals surface area contributed by atoms with Crippen LogP contribution in [0.25, 0.3) is 0 Å². The van der Waals surface area contributed by atoms with Crippen LogP contribution in [0.3, 0.4) is 0 Å². The van der Waals surface area contributed by atoms with E-state index in [0.29, 0.717) is 12.6 Å². The molecule has 2 atom stereocenters. The summed E-state index contributed by atoms with van der Waals surface area (Å²) in [5.74, 6) is 2.67. The third-order valence-corrected chi connectivity index (χ3v) is 5.01. The molecule has 1 aromatic carbocycles. The molecule has 0 spiro atoms. The van der Waals surface area contributed by atoms with Gasteiger partial charge in [-0.3, -0.25) is 4.90 Å². The Morgan fingerprint density at radius 1 is 1.23 bits per heavy atom. The summed E-state index contributed by atoms with van der Waals surface area (Å²) in [6, 6.07) is 8.89. The highest BCUT2D eigenvalue weighted by molar-refractivity contribution is 5.33. The lowest BCUT2D eigenvalue weighted by atomic mass is 9.97. The largest absolute Gasteiger partial charge is 0.491 e. The minimum atomic E-state index is 0.0600. The number of nitrogens with zero attached hydrogens (tertiary/aromatic N) is 2. The van der Waals surface area contributed by atoms with E-state index in [-0.39, 0.29) is 6.61 Å². The van der Waals surface area contributed by atoms with Gasteiger partial charge in [0.15, 0.2) is 0 Å². The number of aliphatic hydroxyl groups excluding tert-OH is 1. The maximum Gasteiger partial charge on any atom is 0.123 e. The highest BCUT2D eigenvalue weighted by atomic mass is 16.5. The Balaban J connectivity index is 1.66. The van der Waals surface area contributed by atoms with Crippen molar-refractivity contribution < 1.29 is 9.84 Å². The molecular weight excluding hydrogens is 276 g/mol. The lowest BCUT2D eigenvalue weighted by Crippen LogP contribution is -2.36. The molecule has 0 radical (unpaired) electrons. The first-order chi connectivity index (χ1) is 10.7. The fraction of sp³-hybridized carbons (Fsp3) is 0.667.